The molecule has 0 aromatic heterocycles. The summed E-state index contributed by atoms with van der Waals surface area (Å²) in [4.78, 5) is 34.1. The van der Waals surface area contributed by atoms with Crippen LogP contribution in [0.15, 0.2) is 42.5 Å². The van der Waals surface area contributed by atoms with Gasteiger partial charge in [-0.3, -0.25) is 14.4 Å². The van der Waals surface area contributed by atoms with Crippen LogP contribution in [0.1, 0.15) is 19.4 Å². The number of hydrogen-bond donors (Lipinski definition) is 3. The first-order valence-corrected chi connectivity index (χ1v) is 7.57. The molecular weight excluding hydrogens is 325 g/mol. The van der Waals surface area contributed by atoms with Crippen molar-refractivity contribution in [3.63, 3.8) is 0 Å². The molecule has 0 saturated carbocycles. The van der Waals surface area contributed by atoms with Crippen LogP contribution in [0.2, 0.25) is 0 Å². The minimum absolute atomic E-state index is 0.00459. The molecule has 0 saturated heterocycles. The number of carbonyl (C=O) groups is 3. The van der Waals surface area contributed by atoms with Crippen LogP contribution in [-0.4, -0.2) is 17.7 Å². The average Bonchev–Trinajstić information content (AvgIpc) is 2.51. The summed E-state index contributed by atoms with van der Waals surface area (Å²) in [5.74, 6) is -1.44. The lowest BCUT2D eigenvalue weighted by Crippen LogP contribution is -2.15. The van der Waals surface area contributed by atoms with Gasteiger partial charge in [0.05, 0.1) is 12.1 Å². The lowest BCUT2D eigenvalue weighted by molar-refractivity contribution is -0.116. The second kappa shape index (κ2) is 8.05. The Labute approximate surface area is 144 Å². The van der Waals surface area contributed by atoms with Crippen LogP contribution in [0.5, 0.6) is 0 Å². The van der Waals surface area contributed by atoms with Gasteiger partial charge in [0.2, 0.25) is 17.7 Å². The largest absolute Gasteiger partial charge is 0.326 e. The van der Waals surface area contributed by atoms with E-state index in [1.807, 2.05) is 0 Å². The van der Waals surface area contributed by atoms with Crippen molar-refractivity contribution in [3.8, 4) is 0 Å². The van der Waals surface area contributed by atoms with Crippen LogP contribution < -0.4 is 16.0 Å². The number of halogens is 1. The van der Waals surface area contributed by atoms with E-state index in [1.54, 1.807) is 24.3 Å². The summed E-state index contributed by atoms with van der Waals surface area (Å²) >= 11 is 0. The zero-order valence-electron chi connectivity index (χ0n) is 13.9. The SMILES string of the molecule is CC(=O)Nc1ccc(CC(=O)Nc2ccc(F)c(NC(C)=O)c2)cc1. The Morgan fingerprint density at radius 1 is 0.840 bits per heavy atom. The predicted molar refractivity (Wildman–Crippen MR) is 93.8 cm³/mol. The minimum atomic E-state index is -0.582. The molecule has 130 valence electrons. The second-order valence-corrected chi connectivity index (χ2v) is 5.48. The van der Waals surface area contributed by atoms with Crippen LogP contribution in [0.3, 0.4) is 0 Å². The predicted octanol–water partition coefficient (Wildman–Crippen LogP) is 2.92. The highest BCUT2D eigenvalue weighted by molar-refractivity contribution is 5.94. The maximum absolute atomic E-state index is 13.6. The van der Waals surface area contributed by atoms with Crippen molar-refractivity contribution >= 4 is 34.8 Å². The van der Waals surface area contributed by atoms with Crippen LogP contribution in [0.25, 0.3) is 0 Å². The van der Waals surface area contributed by atoms with E-state index in [4.69, 9.17) is 0 Å². The number of carbonyl (C=O) groups excluding carboxylic acids is 3. The molecule has 0 radical (unpaired) electrons. The zero-order valence-corrected chi connectivity index (χ0v) is 13.9. The van der Waals surface area contributed by atoms with Gasteiger partial charge in [-0.05, 0) is 35.9 Å². The lowest BCUT2D eigenvalue weighted by Gasteiger charge is -2.09. The van der Waals surface area contributed by atoms with E-state index < -0.39 is 11.7 Å². The molecule has 0 bridgehead atoms. The van der Waals surface area contributed by atoms with Crippen LogP contribution in [-0.2, 0) is 20.8 Å². The molecule has 0 spiro atoms. The first-order chi connectivity index (χ1) is 11.8. The number of rotatable bonds is 5. The van der Waals surface area contributed by atoms with Crippen molar-refractivity contribution in [2.75, 3.05) is 16.0 Å². The monoisotopic (exact) mass is 343 g/mol. The minimum Gasteiger partial charge on any atom is -0.326 e. The molecule has 3 N–H and O–H groups in total. The fourth-order valence-electron chi connectivity index (χ4n) is 2.19. The van der Waals surface area contributed by atoms with Gasteiger partial charge in [-0.25, -0.2) is 4.39 Å². The zero-order chi connectivity index (χ0) is 18.4. The second-order valence-electron chi connectivity index (χ2n) is 5.48. The summed E-state index contributed by atoms with van der Waals surface area (Å²) in [5, 5.41) is 7.65. The summed E-state index contributed by atoms with van der Waals surface area (Å²) in [6.45, 7) is 2.69. The third kappa shape index (κ3) is 5.72. The molecule has 0 heterocycles. The Balaban J connectivity index is 2.00. The summed E-state index contributed by atoms with van der Waals surface area (Å²) in [6.07, 6.45) is 0.118. The molecule has 0 fully saturated rings. The van der Waals surface area contributed by atoms with Crippen molar-refractivity contribution in [2.24, 2.45) is 0 Å². The van der Waals surface area contributed by atoms with Crippen molar-refractivity contribution in [1.29, 1.82) is 0 Å². The normalized spacial score (nSPS) is 10.0. The molecule has 0 aliphatic carbocycles. The van der Waals surface area contributed by atoms with Crippen molar-refractivity contribution in [1.82, 2.24) is 0 Å². The highest BCUT2D eigenvalue weighted by Gasteiger charge is 2.09. The van der Waals surface area contributed by atoms with E-state index in [0.717, 1.165) is 5.56 Å². The topological polar surface area (TPSA) is 87.3 Å². The fraction of sp³-hybridized carbons (Fsp3) is 0.167. The van der Waals surface area contributed by atoms with Crippen molar-refractivity contribution in [3.05, 3.63) is 53.8 Å². The van der Waals surface area contributed by atoms with Crippen molar-refractivity contribution in [2.45, 2.75) is 20.3 Å². The number of amides is 3. The molecule has 2 rings (SSSR count). The molecular formula is C18H18FN3O3. The Morgan fingerprint density at radius 3 is 2.04 bits per heavy atom. The highest BCUT2D eigenvalue weighted by atomic mass is 19.1. The molecule has 3 amide bonds. The summed E-state index contributed by atoms with van der Waals surface area (Å²) < 4.78 is 13.6. The third-order valence-corrected chi connectivity index (χ3v) is 3.20. The van der Waals surface area contributed by atoms with Crippen LogP contribution in [0, 0.1) is 5.82 Å². The molecule has 6 nitrogen and oxygen atoms in total. The highest BCUT2D eigenvalue weighted by Crippen LogP contribution is 2.20. The van der Waals surface area contributed by atoms with Gasteiger partial charge in [0.25, 0.3) is 0 Å². The Kier molecular flexibility index (Phi) is 5.84. The summed E-state index contributed by atoms with van der Waals surface area (Å²) in [5.41, 5.74) is 1.79. The van der Waals surface area contributed by atoms with Gasteiger partial charge in [0.15, 0.2) is 0 Å². The Bertz CT molecular complexity index is 804. The van der Waals surface area contributed by atoms with Gasteiger partial charge in [0.1, 0.15) is 5.82 Å². The number of nitrogens with one attached hydrogen (secondary N) is 3. The molecule has 7 heteroatoms. The van der Waals surface area contributed by atoms with E-state index in [2.05, 4.69) is 16.0 Å². The molecule has 0 aliphatic heterocycles. The number of benzene rings is 2. The Hall–Kier alpha value is -3.22. The first-order valence-electron chi connectivity index (χ1n) is 7.57. The van der Waals surface area contributed by atoms with Gasteiger partial charge in [0, 0.05) is 25.2 Å². The smallest absolute Gasteiger partial charge is 0.228 e. The lowest BCUT2D eigenvalue weighted by atomic mass is 10.1. The number of hydrogen-bond acceptors (Lipinski definition) is 3. The van der Waals surface area contributed by atoms with Crippen LogP contribution in [0.4, 0.5) is 21.5 Å². The molecule has 2 aromatic carbocycles. The average molecular weight is 343 g/mol. The molecule has 0 aliphatic rings. The summed E-state index contributed by atoms with van der Waals surface area (Å²) in [6, 6.07) is 10.8. The van der Waals surface area contributed by atoms with Crippen LogP contribution >= 0.6 is 0 Å². The molecule has 25 heavy (non-hydrogen) atoms. The summed E-state index contributed by atoms with van der Waals surface area (Å²) in [7, 11) is 0. The van der Waals surface area contributed by atoms with Gasteiger partial charge in [-0.1, -0.05) is 12.1 Å². The van der Waals surface area contributed by atoms with E-state index in [9.17, 15) is 18.8 Å². The van der Waals surface area contributed by atoms with Crippen molar-refractivity contribution < 1.29 is 18.8 Å². The van der Waals surface area contributed by atoms with Gasteiger partial charge in [-0.15, -0.1) is 0 Å². The molecule has 0 atom stereocenters. The molecule has 2 aromatic rings. The van der Waals surface area contributed by atoms with E-state index in [-0.39, 0.29) is 23.9 Å². The van der Waals surface area contributed by atoms with E-state index in [1.165, 1.54) is 32.0 Å². The van der Waals surface area contributed by atoms with E-state index >= 15 is 0 Å². The van der Waals surface area contributed by atoms with Gasteiger partial charge >= 0.3 is 0 Å². The maximum atomic E-state index is 13.6. The maximum Gasteiger partial charge on any atom is 0.228 e. The Morgan fingerprint density at radius 2 is 1.44 bits per heavy atom. The third-order valence-electron chi connectivity index (χ3n) is 3.20. The standard InChI is InChI=1S/C18H18FN3O3/c1-11(23)20-14-5-3-13(4-6-14)9-18(25)22-15-7-8-16(19)17(10-15)21-12(2)24/h3-8,10H,9H2,1-2H3,(H,20,23)(H,21,24)(H,22,25). The molecule has 0 unspecified atom stereocenters. The number of anilines is 3. The van der Waals surface area contributed by atoms with Gasteiger partial charge in [-0.2, -0.15) is 0 Å². The fourth-order valence-corrected chi connectivity index (χ4v) is 2.19. The first kappa shape index (κ1) is 18.1. The van der Waals surface area contributed by atoms with E-state index in [0.29, 0.717) is 11.4 Å². The quantitative estimate of drug-likeness (QED) is 0.780. The van der Waals surface area contributed by atoms with Gasteiger partial charge < -0.3 is 16.0 Å².